The van der Waals surface area contributed by atoms with E-state index in [0.29, 0.717) is 29.9 Å². The molecule has 144 valence electrons. The van der Waals surface area contributed by atoms with Gasteiger partial charge in [-0.3, -0.25) is 9.78 Å². The highest BCUT2D eigenvalue weighted by Gasteiger charge is 2.30. The SMILES string of the molecule is CCN(C[C@@H]1CCCO1)C(=O)c1ccc(-c2ccc(C(F)(F)F)cn2)cc1. The van der Waals surface area contributed by atoms with Crippen molar-refractivity contribution >= 4 is 5.91 Å². The van der Waals surface area contributed by atoms with E-state index in [1.807, 2.05) is 6.92 Å². The highest BCUT2D eigenvalue weighted by Crippen LogP contribution is 2.29. The Morgan fingerprint density at radius 2 is 1.96 bits per heavy atom. The van der Waals surface area contributed by atoms with E-state index in [4.69, 9.17) is 4.74 Å². The Balaban J connectivity index is 1.71. The second kappa shape index (κ2) is 8.08. The molecule has 0 radical (unpaired) electrons. The van der Waals surface area contributed by atoms with Crippen molar-refractivity contribution in [2.45, 2.75) is 32.0 Å². The van der Waals surface area contributed by atoms with Crippen molar-refractivity contribution < 1.29 is 22.7 Å². The lowest BCUT2D eigenvalue weighted by Gasteiger charge is -2.24. The quantitative estimate of drug-likeness (QED) is 0.774. The third-order valence-electron chi connectivity index (χ3n) is 4.64. The molecule has 1 aromatic carbocycles. The molecule has 4 nitrogen and oxygen atoms in total. The fourth-order valence-electron chi connectivity index (χ4n) is 3.09. The fraction of sp³-hybridized carbons (Fsp3) is 0.400. The molecule has 1 amide bonds. The first-order valence-electron chi connectivity index (χ1n) is 8.93. The van der Waals surface area contributed by atoms with Crippen molar-refractivity contribution in [2.24, 2.45) is 0 Å². The van der Waals surface area contributed by atoms with Gasteiger partial charge in [-0.2, -0.15) is 13.2 Å². The maximum Gasteiger partial charge on any atom is 0.417 e. The maximum atomic E-state index is 12.7. The standard InChI is InChI=1S/C20H21F3N2O2/c1-2-25(13-17-4-3-11-27-17)19(26)15-7-5-14(6-8-15)18-10-9-16(12-24-18)20(21,22)23/h5-10,12,17H,2-4,11,13H2,1H3/t17-/m0/s1. The zero-order valence-corrected chi connectivity index (χ0v) is 15.0. The summed E-state index contributed by atoms with van der Waals surface area (Å²) >= 11 is 0. The van der Waals surface area contributed by atoms with Gasteiger partial charge in [0.2, 0.25) is 0 Å². The van der Waals surface area contributed by atoms with Crippen LogP contribution in [0, 0.1) is 0 Å². The summed E-state index contributed by atoms with van der Waals surface area (Å²) in [7, 11) is 0. The van der Waals surface area contributed by atoms with Gasteiger partial charge in [0.05, 0.1) is 17.4 Å². The Morgan fingerprint density at radius 3 is 2.48 bits per heavy atom. The summed E-state index contributed by atoms with van der Waals surface area (Å²) in [4.78, 5) is 18.3. The van der Waals surface area contributed by atoms with Crippen molar-refractivity contribution in [3.63, 3.8) is 0 Å². The number of halogens is 3. The van der Waals surface area contributed by atoms with Crippen LogP contribution < -0.4 is 0 Å². The average molecular weight is 378 g/mol. The van der Waals surface area contributed by atoms with Gasteiger partial charge in [-0.15, -0.1) is 0 Å². The average Bonchev–Trinajstić information content (AvgIpc) is 3.18. The monoisotopic (exact) mass is 378 g/mol. The van der Waals surface area contributed by atoms with Crippen molar-refractivity contribution in [3.8, 4) is 11.3 Å². The Kier molecular flexibility index (Phi) is 5.79. The van der Waals surface area contributed by atoms with Gasteiger partial charge in [-0.1, -0.05) is 12.1 Å². The van der Waals surface area contributed by atoms with E-state index in [2.05, 4.69) is 4.98 Å². The Hall–Kier alpha value is -2.41. The number of aromatic nitrogens is 1. The molecule has 1 aromatic heterocycles. The Bertz CT molecular complexity index is 767. The van der Waals surface area contributed by atoms with Crippen LogP contribution in [0.15, 0.2) is 42.6 Å². The molecule has 1 saturated heterocycles. The van der Waals surface area contributed by atoms with Crippen molar-refractivity contribution in [3.05, 3.63) is 53.7 Å². The molecule has 3 rings (SSSR count). The van der Waals surface area contributed by atoms with Gasteiger partial charge in [0.25, 0.3) is 5.91 Å². The van der Waals surface area contributed by atoms with E-state index in [0.717, 1.165) is 31.7 Å². The van der Waals surface area contributed by atoms with Crippen molar-refractivity contribution in [1.82, 2.24) is 9.88 Å². The maximum absolute atomic E-state index is 12.7. The van der Waals surface area contributed by atoms with Crippen LogP contribution in [0.2, 0.25) is 0 Å². The lowest BCUT2D eigenvalue weighted by Crippen LogP contribution is -2.37. The zero-order chi connectivity index (χ0) is 19.4. The number of rotatable bonds is 5. The predicted molar refractivity (Wildman–Crippen MR) is 95.2 cm³/mol. The van der Waals surface area contributed by atoms with Crippen LogP contribution >= 0.6 is 0 Å². The van der Waals surface area contributed by atoms with Gasteiger partial charge in [0.1, 0.15) is 0 Å². The van der Waals surface area contributed by atoms with Gasteiger partial charge in [-0.05, 0) is 44.0 Å². The molecule has 0 aliphatic carbocycles. The van der Waals surface area contributed by atoms with Crippen LogP contribution in [-0.4, -0.2) is 41.6 Å². The normalized spacial score (nSPS) is 17.1. The predicted octanol–water partition coefficient (Wildman–Crippen LogP) is 4.41. The molecule has 27 heavy (non-hydrogen) atoms. The van der Waals surface area contributed by atoms with Crippen molar-refractivity contribution in [1.29, 1.82) is 0 Å². The summed E-state index contributed by atoms with van der Waals surface area (Å²) in [6.07, 6.45) is -1.53. The second-order valence-corrected chi connectivity index (χ2v) is 6.49. The summed E-state index contributed by atoms with van der Waals surface area (Å²) < 4.78 is 43.5. The summed E-state index contributed by atoms with van der Waals surface area (Å²) in [6.45, 7) is 3.82. The van der Waals surface area contributed by atoms with Crippen LogP contribution in [0.3, 0.4) is 0 Å². The number of pyridine rings is 1. The molecule has 0 saturated carbocycles. The number of hydrogen-bond acceptors (Lipinski definition) is 3. The number of likely N-dealkylation sites (N-methyl/N-ethyl adjacent to an activating group) is 1. The number of amides is 1. The smallest absolute Gasteiger partial charge is 0.376 e. The molecule has 0 bridgehead atoms. The number of alkyl halides is 3. The minimum absolute atomic E-state index is 0.0834. The third kappa shape index (κ3) is 4.66. The molecule has 0 N–H and O–H groups in total. The van der Waals surface area contributed by atoms with Crippen LogP contribution in [0.1, 0.15) is 35.7 Å². The van der Waals surface area contributed by atoms with Crippen molar-refractivity contribution in [2.75, 3.05) is 19.7 Å². The molecule has 0 spiro atoms. The minimum Gasteiger partial charge on any atom is -0.376 e. The van der Waals surface area contributed by atoms with Crippen LogP contribution in [0.4, 0.5) is 13.2 Å². The summed E-state index contributed by atoms with van der Waals surface area (Å²) in [5.41, 5.74) is 0.826. The van der Waals surface area contributed by atoms with E-state index in [1.54, 1.807) is 29.2 Å². The number of hydrogen-bond donors (Lipinski definition) is 0. The summed E-state index contributed by atoms with van der Waals surface area (Å²) in [6, 6.07) is 9.08. The fourth-order valence-corrected chi connectivity index (χ4v) is 3.09. The molecule has 2 aromatic rings. The van der Waals surface area contributed by atoms with E-state index >= 15 is 0 Å². The summed E-state index contributed by atoms with van der Waals surface area (Å²) in [5, 5.41) is 0. The van der Waals surface area contributed by atoms with Gasteiger partial charge in [0, 0.05) is 37.0 Å². The highest BCUT2D eigenvalue weighted by molar-refractivity contribution is 5.94. The van der Waals surface area contributed by atoms with E-state index in [-0.39, 0.29) is 12.0 Å². The number of nitrogens with zero attached hydrogens (tertiary/aromatic N) is 2. The largest absolute Gasteiger partial charge is 0.417 e. The molecule has 1 fully saturated rings. The van der Waals surface area contributed by atoms with Gasteiger partial charge in [0.15, 0.2) is 0 Å². The van der Waals surface area contributed by atoms with Crippen LogP contribution in [0.5, 0.6) is 0 Å². The molecule has 1 aliphatic rings. The third-order valence-corrected chi connectivity index (χ3v) is 4.64. The van der Waals surface area contributed by atoms with Gasteiger partial charge >= 0.3 is 6.18 Å². The van der Waals surface area contributed by atoms with E-state index in [9.17, 15) is 18.0 Å². The molecule has 1 atom stereocenters. The number of carbonyl (C=O) groups is 1. The van der Waals surface area contributed by atoms with Gasteiger partial charge < -0.3 is 9.64 Å². The molecule has 7 heteroatoms. The topological polar surface area (TPSA) is 42.4 Å². The summed E-state index contributed by atoms with van der Waals surface area (Å²) in [5.74, 6) is -0.0834. The Morgan fingerprint density at radius 1 is 1.22 bits per heavy atom. The first-order chi connectivity index (χ1) is 12.9. The lowest BCUT2D eigenvalue weighted by molar-refractivity contribution is -0.137. The van der Waals surface area contributed by atoms with Gasteiger partial charge in [-0.25, -0.2) is 0 Å². The lowest BCUT2D eigenvalue weighted by atomic mass is 10.1. The van der Waals surface area contributed by atoms with Crippen LogP contribution in [0.25, 0.3) is 11.3 Å². The molecular formula is C20H21F3N2O2. The molecule has 0 unspecified atom stereocenters. The molecular weight excluding hydrogens is 357 g/mol. The Labute approximate surface area is 156 Å². The first-order valence-corrected chi connectivity index (χ1v) is 8.93. The second-order valence-electron chi connectivity index (χ2n) is 6.49. The number of benzene rings is 1. The molecule has 1 aliphatic heterocycles. The zero-order valence-electron chi connectivity index (χ0n) is 15.0. The van der Waals surface area contributed by atoms with Crippen LogP contribution in [-0.2, 0) is 10.9 Å². The molecule has 2 heterocycles. The number of ether oxygens (including phenoxy) is 1. The van der Waals surface area contributed by atoms with E-state index < -0.39 is 11.7 Å². The minimum atomic E-state index is -4.41. The van der Waals surface area contributed by atoms with E-state index in [1.165, 1.54) is 6.07 Å². The first kappa shape index (κ1) is 19.4. The highest BCUT2D eigenvalue weighted by atomic mass is 19.4. The number of carbonyl (C=O) groups excluding carboxylic acids is 1.